The van der Waals surface area contributed by atoms with Gasteiger partial charge in [0.15, 0.2) is 5.13 Å². The van der Waals surface area contributed by atoms with Crippen LogP contribution < -0.4 is 5.32 Å². The van der Waals surface area contributed by atoms with Gasteiger partial charge in [0.2, 0.25) is 0 Å². The van der Waals surface area contributed by atoms with Crippen molar-refractivity contribution in [3.8, 4) is 0 Å². The molecule has 2 aliphatic carbocycles. The fourth-order valence-corrected chi connectivity index (χ4v) is 3.80. The lowest BCUT2D eigenvalue weighted by molar-refractivity contribution is -0.138. The smallest absolute Gasteiger partial charge is 0.312 e. The maximum Gasteiger partial charge on any atom is 0.312 e. The molecule has 2 N–H and O–H groups in total. The van der Waals surface area contributed by atoms with Crippen LogP contribution in [-0.4, -0.2) is 21.6 Å². The van der Waals surface area contributed by atoms with E-state index in [0.717, 1.165) is 22.1 Å². The van der Waals surface area contributed by atoms with Gasteiger partial charge in [0.1, 0.15) is 5.92 Å². The van der Waals surface area contributed by atoms with E-state index in [1.165, 1.54) is 19.3 Å². The first-order valence-electron chi connectivity index (χ1n) is 6.08. The van der Waals surface area contributed by atoms with Crippen LogP contribution in [0.3, 0.4) is 0 Å². The van der Waals surface area contributed by atoms with E-state index in [9.17, 15) is 4.79 Å². The summed E-state index contributed by atoms with van der Waals surface area (Å²) in [5.74, 6) is -1.12. The normalized spacial score (nSPS) is 25.1. The minimum absolute atomic E-state index is 0.185. The largest absolute Gasteiger partial charge is 0.481 e. The van der Waals surface area contributed by atoms with Gasteiger partial charge in [-0.1, -0.05) is 0 Å². The Morgan fingerprint density at radius 2 is 2.35 bits per heavy atom. The summed E-state index contributed by atoms with van der Waals surface area (Å²) in [5, 5.41) is 13.5. The predicted molar refractivity (Wildman–Crippen MR) is 66.7 cm³/mol. The molecule has 1 fully saturated rings. The van der Waals surface area contributed by atoms with Crippen molar-refractivity contribution >= 4 is 22.4 Å². The van der Waals surface area contributed by atoms with Gasteiger partial charge in [0.25, 0.3) is 0 Å². The van der Waals surface area contributed by atoms with E-state index >= 15 is 0 Å². The van der Waals surface area contributed by atoms with Gasteiger partial charge in [-0.3, -0.25) is 4.79 Å². The molecule has 92 valence electrons. The van der Waals surface area contributed by atoms with Crippen LogP contribution in [-0.2, 0) is 11.2 Å². The molecular weight excluding hydrogens is 236 g/mol. The Hall–Kier alpha value is -1.10. The van der Waals surface area contributed by atoms with Crippen molar-refractivity contribution in [3.63, 3.8) is 0 Å². The average molecular weight is 252 g/mol. The number of rotatable bonds is 3. The molecule has 1 aromatic heterocycles. The van der Waals surface area contributed by atoms with E-state index in [1.807, 2.05) is 0 Å². The Kier molecular flexibility index (Phi) is 2.40. The Labute approximate surface area is 104 Å². The van der Waals surface area contributed by atoms with Gasteiger partial charge in [0, 0.05) is 10.4 Å². The molecule has 5 heteroatoms. The minimum atomic E-state index is -0.740. The fourth-order valence-electron chi connectivity index (χ4n) is 2.61. The molecule has 17 heavy (non-hydrogen) atoms. The molecule has 1 heterocycles. The molecule has 0 saturated heterocycles. The molecule has 0 aliphatic heterocycles. The third-order valence-corrected chi connectivity index (χ3v) is 4.93. The lowest BCUT2D eigenvalue weighted by atomic mass is 9.79. The van der Waals surface area contributed by atoms with E-state index in [2.05, 4.69) is 17.2 Å². The topological polar surface area (TPSA) is 62.2 Å². The Balaban J connectivity index is 1.81. The van der Waals surface area contributed by atoms with Gasteiger partial charge in [-0.15, -0.1) is 11.3 Å². The molecule has 2 aliphatic rings. The highest BCUT2D eigenvalue weighted by atomic mass is 32.1. The molecule has 1 atom stereocenters. The molecular formula is C12H16N2O2S. The van der Waals surface area contributed by atoms with Gasteiger partial charge >= 0.3 is 5.97 Å². The zero-order valence-electron chi connectivity index (χ0n) is 9.82. The average Bonchev–Trinajstić information content (AvgIpc) is 2.73. The van der Waals surface area contributed by atoms with E-state index in [4.69, 9.17) is 5.11 Å². The molecule has 1 saturated carbocycles. The first-order chi connectivity index (χ1) is 8.07. The molecule has 3 rings (SSSR count). The Bertz CT molecular complexity index is 465. The van der Waals surface area contributed by atoms with Crippen LogP contribution in [0.15, 0.2) is 0 Å². The Morgan fingerprint density at radius 1 is 1.59 bits per heavy atom. The minimum Gasteiger partial charge on any atom is -0.481 e. The number of hydrogen-bond acceptors (Lipinski definition) is 4. The second kappa shape index (κ2) is 3.70. The maximum absolute atomic E-state index is 11.1. The van der Waals surface area contributed by atoms with Crippen molar-refractivity contribution in [3.05, 3.63) is 10.6 Å². The summed E-state index contributed by atoms with van der Waals surface area (Å²) in [6.45, 7) is 2.21. The summed E-state index contributed by atoms with van der Waals surface area (Å²) in [6.07, 6.45) is 5.20. The fraction of sp³-hybridized carbons (Fsp3) is 0.667. The number of fused-ring (bicyclic) bond motifs is 1. The lowest BCUT2D eigenvalue weighted by Crippen LogP contribution is -2.41. The number of carbonyl (C=O) groups is 1. The Morgan fingerprint density at radius 3 is 2.94 bits per heavy atom. The first-order valence-corrected chi connectivity index (χ1v) is 6.90. The third-order valence-electron chi connectivity index (χ3n) is 3.88. The van der Waals surface area contributed by atoms with Crippen LogP contribution in [0.1, 0.15) is 49.1 Å². The van der Waals surface area contributed by atoms with Crippen molar-refractivity contribution in [1.82, 2.24) is 4.98 Å². The molecule has 0 bridgehead atoms. The quantitative estimate of drug-likeness (QED) is 0.868. The molecule has 0 aromatic carbocycles. The zero-order valence-corrected chi connectivity index (χ0v) is 10.6. The lowest BCUT2D eigenvalue weighted by Gasteiger charge is -2.39. The molecule has 0 radical (unpaired) electrons. The number of nitrogens with zero attached hydrogens (tertiary/aromatic N) is 1. The molecule has 1 unspecified atom stereocenters. The summed E-state index contributed by atoms with van der Waals surface area (Å²) in [7, 11) is 0. The SMILES string of the molecule is CC1(Nc2nc3c(s2)CCC3C(=O)O)CCC1. The predicted octanol–water partition coefficient (Wildman–Crippen LogP) is 2.61. The number of nitrogens with one attached hydrogen (secondary N) is 1. The third kappa shape index (κ3) is 1.82. The summed E-state index contributed by atoms with van der Waals surface area (Å²) in [5.41, 5.74) is 0.984. The van der Waals surface area contributed by atoms with Gasteiger partial charge in [-0.05, 0) is 39.0 Å². The van der Waals surface area contributed by atoms with Gasteiger partial charge in [-0.25, -0.2) is 4.98 Å². The van der Waals surface area contributed by atoms with Crippen LogP contribution >= 0.6 is 11.3 Å². The van der Waals surface area contributed by atoms with E-state index in [1.54, 1.807) is 11.3 Å². The van der Waals surface area contributed by atoms with Crippen molar-refractivity contribution in [2.75, 3.05) is 5.32 Å². The van der Waals surface area contributed by atoms with E-state index in [0.29, 0.717) is 6.42 Å². The highest BCUT2D eigenvalue weighted by molar-refractivity contribution is 7.15. The zero-order chi connectivity index (χ0) is 12.0. The summed E-state index contributed by atoms with van der Waals surface area (Å²) < 4.78 is 0. The summed E-state index contributed by atoms with van der Waals surface area (Å²) in [6, 6.07) is 0. The summed E-state index contributed by atoms with van der Waals surface area (Å²) in [4.78, 5) is 16.7. The number of hydrogen-bond donors (Lipinski definition) is 2. The van der Waals surface area contributed by atoms with Crippen LogP contribution in [0.5, 0.6) is 0 Å². The second-order valence-electron chi connectivity index (χ2n) is 5.30. The number of aliphatic carboxylic acids is 1. The van der Waals surface area contributed by atoms with Crippen LogP contribution in [0, 0.1) is 0 Å². The van der Waals surface area contributed by atoms with Crippen molar-refractivity contribution in [1.29, 1.82) is 0 Å². The number of anilines is 1. The number of thiazole rings is 1. The highest BCUT2D eigenvalue weighted by Gasteiger charge is 2.35. The standard InChI is InChI=1S/C12H16N2O2S/c1-12(5-2-6-12)14-11-13-9-7(10(15)16)3-4-8(9)17-11/h7H,2-6H2,1H3,(H,13,14)(H,15,16). The van der Waals surface area contributed by atoms with Crippen LogP contribution in [0.4, 0.5) is 5.13 Å². The monoisotopic (exact) mass is 252 g/mol. The number of aromatic nitrogens is 1. The van der Waals surface area contributed by atoms with E-state index in [-0.39, 0.29) is 11.5 Å². The van der Waals surface area contributed by atoms with Crippen LogP contribution in [0.25, 0.3) is 0 Å². The number of aryl methyl sites for hydroxylation is 1. The van der Waals surface area contributed by atoms with Crippen molar-refractivity contribution in [2.45, 2.75) is 50.5 Å². The van der Waals surface area contributed by atoms with Crippen molar-refractivity contribution in [2.24, 2.45) is 0 Å². The molecule has 0 spiro atoms. The van der Waals surface area contributed by atoms with Gasteiger partial charge in [0.05, 0.1) is 5.69 Å². The van der Waals surface area contributed by atoms with E-state index < -0.39 is 5.97 Å². The second-order valence-corrected chi connectivity index (χ2v) is 6.38. The number of carboxylic acid groups (broad SMARTS) is 1. The van der Waals surface area contributed by atoms with Crippen LogP contribution in [0.2, 0.25) is 0 Å². The molecule has 0 amide bonds. The van der Waals surface area contributed by atoms with Gasteiger partial charge < -0.3 is 10.4 Å². The molecule has 1 aromatic rings. The highest BCUT2D eigenvalue weighted by Crippen LogP contribution is 2.41. The van der Waals surface area contributed by atoms with Crippen molar-refractivity contribution < 1.29 is 9.90 Å². The maximum atomic E-state index is 11.1. The molecule has 4 nitrogen and oxygen atoms in total. The summed E-state index contributed by atoms with van der Waals surface area (Å²) >= 11 is 1.63. The number of carboxylic acids is 1. The first kappa shape index (κ1) is 11.0. The van der Waals surface area contributed by atoms with Gasteiger partial charge in [-0.2, -0.15) is 0 Å².